The fourth-order valence-electron chi connectivity index (χ4n) is 4.07. The molecule has 160 valence electrons. The third-order valence-corrected chi connectivity index (χ3v) is 6.74. The van der Waals surface area contributed by atoms with Gasteiger partial charge >= 0.3 is 5.97 Å². The van der Waals surface area contributed by atoms with Gasteiger partial charge in [0.15, 0.2) is 6.61 Å². The number of fused-ring (bicyclic) bond motifs is 1. The number of hydrogen-bond acceptors (Lipinski definition) is 6. The fraction of sp³-hybridized carbons (Fsp3) is 0.667. The molecule has 2 N–H and O–H groups in total. The predicted octanol–water partition coefficient (Wildman–Crippen LogP) is 3.07. The minimum absolute atomic E-state index is 0.199. The van der Waals surface area contributed by atoms with Gasteiger partial charge in [-0.25, -0.2) is 0 Å². The maximum Gasteiger partial charge on any atom is 0.306 e. The van der Waals surface area contributed by atoms with Crippen LogP contribution in [0.2, 0.25) is 0 Å². The van der Waals surface area contributed by atoms with Crippen molar-refractivity contribution in [1.82, 2.24) is 5.32 Å². The molecule has 0 spiro atoms. The summed E-state index contributed by atoms with van der Waals surface area (Å²) in [6, 6.07) is 0. The zero-order valence-corrected chi connectivity index (χ0v) is 17.8. The van der Waals surface area contributed by atoms with E-state index in [1.165, 1.54) is 11.3 Å². The van der Waals surface area contributed by atoms with Gasteiger partial charge in [0.05, 0.1) is 12.2 Å². The van der Waals surface area contributed by atoms with Crippen LogP contribution in [0.25, 0.3) is 0 Å². The number of ether oxygens (including phenoxy) is 2. The molecule has 8 heteroatoms. The van der Waals surface area contributed by atoms with Crippen molar-refractivity contribution in [3.63, 3.8) is 0 Å². The van der Waals surface area contributed by atoms with Crippen LogP contribution in [0.5, 0.6) is 0 Å². The molecule has 1 fully saturated rings. The average molecular weight is 423 g/mol. The summed E-state index contributed by atoms with van der Waals surface area (Å²) in [6.45, 7) is 0.516. The number of hydrogen-bond donors (Lipinski definition) is 2. The first-order valence-electron chi connectivity index (χ1n) is 10.5. The lowest BCUT2D eigenvalue weighted by atomic mass is 9.95. The zero-order chi connectivity index (χ0) is 20.6. The Morgan fingerprint density at radius 1 is 1.10 bits per heavy atom. The van der Waals surface area contributed by atoms with Crippen molar-refractivity contribution in [2.24, 2.45) is 5.92 Å². The normalized spacial score (nSPS) is 16.3. The van der Waals surface area contributed by atoms with Gasteiger partial charge < -0.3 is 20.1 Å². The molecule has 2 amide bonds. The molecule has 0 aliphatic heterocycles. The fourth-order valence-corrected chi connectivity index (χ4v) is 5.37. The van der Waals surface area contributed by atoms with Gasteiger partial charge in [-0.15, -0.1) is 11.3 Å². The Balaban J connectivity index is 1.59. The first-order chi connectivity index (χ1) is 14.1. The monoisotopic (exact) mass is 422 g/mol. The lowest BCUT2D eigenvalue weighted by Crippen LogP contribution is -2.29. The minimum Gasteiger partial charge on any atom is -0.456 e. The highest BCUT2D eigenvalue weighted by Crippen LogP contribution is 2.38. The smallest absolute Gasteiger partial charge is 0.306 e. The van der Waals surface area contributed by atoms with Gasteiger partial charge in [-0.05, 0) is 50.0 Å². The maximum atomic E-state index is 12.7. The van der Waals surface area contributed by atoms with Crippen LogP contribution in [0.1, 0.15) is 65.7 Å². The van der Waals surface area contributed by atoms with Crippen molar-refractivity contribution in [1.29, 1.82) is 0 Å². The molecule has 0 unspecified atom stereocenters. The molecule has 0 aromatic carbocycles. The summed E-state index contributed by atoms with van der Waals surface area (Å²) in [7, 11) is 1.58. The summed E-state index contributed by atoms with van der Waals surface area (Å²) in [5.74, 6) is -0.545. The number of thiophene rings is 1. The van der Waals surface area contributed by atoms with Gasteiger partial charge in [0, 0.05) is 25.0 Å². The number of carbonyl (C=O) groups excluding carboxylic acids is 3. The second-order valence-electron chi connectivity index (χ2n) is 7.73. The SMILES string of the molecule is COCCNC(=O)c1c(NC(=O)COC(=O)CC2CCCC2)sc2c1CCCC2. The van der Waals surface area contributed by atoms with Crippen LogP contribution in [-0.2, 0) is 31.9 Å². The van der Waals surface area contributed by atoms with Crippen LogP contribution in [0, 0.1) is 5.92 Å². The van der Waals surface area contributed by atoms with Gasteiger partial charge in [-0.1, -0.05) is 12.8 Å². The van der Waals surface area contributed by atoms with Crippen LogP contribution in [0.4, 0.5) is 5.00 Å². The van der Waals surface area contributed by atoms with Crippen molar-refractivity contribution >= 4 is 34.1 Å². The van der Waals surface area contributed by atoms with Crippen LogP contribution < -0.4 is 10.6 Å². The number of anilines is 1. The quantitative estimate of drug-likeness (QED) is 0.471. The molecule has 1 heterocycles. The number of rotatable bonds is 9. The van der Waals surface area contributed by atoms with Crippen LogP contribution in [0.15, 0.2) is 0 Å². The van der Waals surface area contributed by atoms with E-state index in [1.807, 2.05) is 0 Å². The first-order valence-corrected chi connectivity index (χ1v) is 11.3. The summed E-state index contributed by atoms with van der Waals surface area (Å²) in [5.41, 5.74) is 1.58. The van der Waals surface area contributed by atoms with Gasteiger partial charge in [-0.2, -0.15) is 0 Å². The summed E-state index contributed by atoms with van der Waals surface area (Å²) < 4.78 is 10.1. The molecule has 1 saturated carbocycles. The Morgan fingerprint density at radius 2 is 1.86 bits per heavy atom. The predicted molar refractivity (Wildman–Crippen MR) is 111 cm³/mol. The Labute approximate surface area is 175 Å². The molecular weight excluding hydrogens is 392 g/mol. The van der Waals surface area contributed by atoms with Crippen molar-refractivity contribution < 1.29 is 23.9 Å². The minimum atomic E-state index is -0.408. The largest absolute Gasteiger partial charge is 0.456 e. The van der Waals surface area contributed by atoms with E-state index in [4.69, 9.17) is 9.47 Å². The van der Waals surface area contributed by atoms with E-state index in [0.717, 1.165) is 61.8 Å². The lowest BCUT2D eigenvalue weighted by molar-refractivity contribution is -0.148. The van der Waals surface area contributed by atoms with E-state index >= 15 is 0 Å². The first kappa shape index (κ1) is 21.8. The highest BCUT2D eigenvalue weighted by atomic mass is 32.1. The van der Waals surface area contributed by atoms with Gasteiger partial charge in [0.2, 0.25) is 0 Å². The molecule has 1 aromatic heterocycles. The van der Waals surface area contributed by atoms with Crippen molar-refractivity contribution in [3.8, 4) is 0 Å². The number of nitrogens with one attached hydrogen (secondary N) is 2. The standard InChI is InChI=1S/C21H30N2O5S/c1-27-11-10-22-20(26)19-15-8-4-5-9-16(15)29-21(19)23-17(24)13-28-18(25)12-14-6-2-3-7-14/h14H,2-13H2,1H3,(H,22,26)(H,23,24). The Bertz CT molecular complexity index is 740. The van der Waals surface area contributed by atoms with Crippen LogP contribution >= 0.6 is 11.3 Å². The summed E-state index contributed by atoms with van der Waals surface area (Å²) in [4.78, 5) is 38.2. The van der Waals surface area contributed by atoms with E-state index < -0.39 is 5.91 Å². The zero-order valence-electron chi connectivity index (χ0n) is 17.0. The van der Waals surface area contributed by atoms with E-state index in [2.05, 4.69) is 10.6 Å². The second kappa shape index (κ2) is 10.7. The Morgan fingerprint density at radius 3 is 2.62 bits per heavy atom. The van der Waals surface area contributed by atoms with E-state index in [9.17, 15) is 14.4 Å². The molecule has 29 heavy (non-hydrogen) atoms. The molecule has 7 nitrogen and oxygen atoms in total. The van der Waals surface area contributed by atoms with Gasteiger partial charge in [-0.3, -0.25) is 14.4 Å². The number of methoxy groups -OCH3 is 1. The molecule has 0 atom stereocenters. The Kier molecular flexibility index (Phi) is 8.06. The second-order valence-corrected chi connectivity index (χ2v) is 8.83. The number of aryl methyl sites for hydroxylation is 1. The molecule has 2 aliphatic rings. The lowest BCUT2D eigenvalue weighted by Gasteiger charge is -2.13. The third-order valence-electron chi connectivity index (χ3n) is 5.54. The van der Waals surface area contributed by atoms with E-state index in [0.29, 0.717) is 36.1 Å². The molecule has 0 bridgehead atoms. The van der Waals surface area contributed by atoms with Crippen molar-refractivity contribution in [2.45, 2.75) is 57.8 Å². The molecule has 1 aromatic rings. The third kappa shape index (κ3) is 6.02. The number of esters is 1. The molecule has 0 saturated heterocycles. The van der Waals surface area contributed by atoms with Crippen molar-refractivity contribution in [2.75, 3.05) is 32.2 Å². The maximum absolute atomic E-state index is 12.7. The molecule has 2 aliphatic carbocycles. The average Bonchev–Trinajstić information content (AvgIpc) is 3.33. The highest BCUT2D eigenvalue weighted by Gasteiger charge is 2.26. The molecule has 3 rings (SSSR count). The summed E-state index contributed by atoms with van der Waals surface area (Å²) in [6.07, 6.45) is 8.71. The summed E-state index contributed by atoms with van der Waals surface area (Å²) >= 11 is 1.45. The topological polar surface area (TPSA) is 93.7 Å². The van der Waals surface area contributed by atoms with Crippen LogP contribution in [-0.4, -0.2) is 44.7 Å². The highest BCUT2D eigenvalue weighted by molar-refractivity contribution is 7.17. The summed E-state index contributed by atoms with van der Waals surface area (Å²) in [5, 5.41) is 6.19. The van der Waals surface area contributed by atoms with Gasteiger partial charge in [0.25, 0.3) is 11.8 Å². The Hall–Kier alpha value is -1.93. The van der Waals surface area contributed by atoms with Gasteiger partial charge in [0.1, 0.15) is 5.00 Å². The van der Waals surface area contributed by atoms with E-state index in [1.54, 1.807) is 7.11 Å². The number of amides is 2. The molecule has 0 radical (unpaired) electrons. The van der Waals surface area contributed by atoms with E-state index in [-0.39, 0.29) is 18.5 Å². The molecular formula is C21H30N2O5S. The van der Waals surface area contributed by atoms with Crippen molar-refractivity contribution in [3.05, 3.63) is 16.0 Å². The van der Waals surface area contributed by atoms with Crippen LogP contribution in [0.3, 0.4) is 0 Å². The number of carbonyl (C=O) groups is 3.